The van der Waals surface area contributed by atoms with Gasteiger partial charge < -0.3 is 5.32 Å². The molecule has 0 radical (unpaired) electrons. The van der Waals surface area contributed by atoms with Crippen LogP contribution in [0.4, 0.5) is 0 Å². The topological polar surface area (TPSA) is 15.3 Å². The normalized spacial score (nSPS) is 26.9. The molecule has 1 N–H and O–H groups in total. The second-order valence-electron chi connectivity index (χ2n) is 3.15. The molecule has 0 aromatic heterocycles. The van der Waals surface area contributed by atoms with Gasteiger partial charge in [0.1, 0.15) is 0 Å². The smallest absolute Gasteiger partial charge is 0.0683 e. The van der Waals surface area contributed by atoms with Crippen LogP contribution in [0.25, 0.3) is 0 Å². The van der Waals surface area contributed by atoms with Crippen LogP contribution in [-0.4, -0.2) is 37.1 Å². The second kappa shape index (κ2) is 3.75. The molecule has 0 amide bonds. The molecule has 0 aromatic carbocycles. The summed E-state index contributed by atoms with van der Waals surface area (Å²) in [5.41, 5.74) is 0. The molecule has 2 unspecified atom stereocenters. The van der Waals surface area contributed by atoms with Crippen molar-refractivity contribution in [1.82, 2.24) is 10.2 Å². The number of likely N-dealkylation sites (N-methyl/N-ethyl adjacent to an activating group) is 1. The Balaban J connectivity index is 2.40. The Morgan fingerprint density at radius 2 is 2.45 bits per heavy atom. The lowest BCUT2D eigenvalue weighted by atomic mass is 10.2. The summed E-state index contributed by atoms with van der Waals surface area (Å²) < 4.78 is 0. The van der Waals surface area contributed by atoms with Crippen LogP contribution >= 0.6 is 0 Å². The van der Waals surface area contributed by atoms with Crippen LogP contribution in [0.5, 0.6) is 0 Å². The van der Waals surface area contributed by atoms with Crippen molar-refractivity contribution in [3.05, 3.63) is 0 Å². The molecule has 0 aliphatic carbocycles. The van der Waals surface area contributed by atoms with E-state index in [-0.39, 0.29) is 6.04 Å². The molecular formula is C9H16N2. The first kappa shape index (κ1) is 8.58. The molecule has 0 aromatic rings. The van der Waals surface area contributed by atoms with Crippen LogP contribution in [0.2, 0.25) is 0 Å². The zero-order chi connectivity index (χ0) is 8.27. The van der Waals surface area contributed by atoms with E-state index in [4.69, 9.17) is 6.42 Å². The fraction of sp³-hybridized carbons (Fsp3) is 0.778. The molecule has 0 bridgehead atoms. The van der Waals surface area contributed by atoms with Crippen LogP contribution in [0, 0.1) is 12.3 Å². The lowest BCUT2D eigenvalue weighted by molar-refractivity contribution is 0.232. The predicted octanol–water partition coefficient (Wildman–Crippen LogP) is 0.302. The largest absolute Gasteiger partial charge is 0.315 e. The summed E-state index contributed by atoms with van der Waals surface area (Å²) in [4.78, 5) is 2.26. The van der Waals surface area contributed by atoms with Crippen molar-refractivity contribution < 1.29 is 0 Å². The highest BCUT2D eigenvalue weighted by Gasteiger charge is 2.21. The fourth-order valence-electron chi connectivity index (χ4n) is 1.42. The van der Waals surface area contributed by atoms with Crippen molar-refractivity contribution in [3.63, 3.8) is 0 Å². The maximum atomic E-state index is 5.33. The first-order valence-electron chi connectivity index (χ1n) is 4.14. The van der Waals surface area contributed by atoms with Crippen molar-refractivity contribution in [1.29, 1.82) is 0 Å². The lowest BCUT2D eigenvalue weighted by Crippen LogP contribution is -2.39. The third-order valence-electron chi connectivity index (χ3n) is 2.46. The molecule has 0 spiro atoms. The van der Waals surface area contributed by atoms with Gasteiger partial charge in [-0.3, -0.25) is 4.90 Å². The number of hydrogen-bond donors (Lipinski definition) is 1. The van der Waals surface area contributed by atoms with E-state index in [0.29, 0.717) is 6.04 Å². The van der Waals surface area contributed by atoms with E-state index < -0.39 is 0 Å². The first-order chi connectivity index (χ1) is 5.25. The van der Waals surface area contributed by atoms with Gasteiger partial charge in [0, 0.05) is 12.6 Å². The molecule has 1 aliphatic heterocycles. The summed E-state index contributed by atoms with van der Waals surface area (Å²) in [6.07, 6.45) is 6.55. The van der Waals surface area contributed by atoms with Crippen LogP contribution < -0.4 is 5.32 Å². The zero-order valence-electron chi connectivity index (χ0n) is 7.30. The van der Waals surface area contributed by atoms with Crippen molar-refractivity contribution in [2.75, 3.05) is 20.1 Å². The summed E-state index contributed by atoms with van der Waals surface area (Å²) in [6.45, 7) is 4.28. The molecule has 62 valence electrons. The van der Waals surface area contributed by atoms with Gasteiger partial charge >= 0.3 is 0 Å². The van der Waals surface area contributed by atoms with Gasteiger partial charge in [0.15, 0.2) is 0 Å². The molecule has 2 nitrogen and oxygen atoms in total. The highest BCUT2D eigenvalue weighted by Crippen LogP contribution is 2.08. The van der Waals surface area contributed by atoms with Gasteiger partial charge in [-0.25, -0.2) is 0 Å². The average Bonchev–Trinajstić information content (AvgIpc) is 2.53. The first-order valence-corrected chi connectivity index (χ1v) is 4.14. The van der Waals surface area contributed by atoms with E-state index in [1.807, 2.05) is 0 Å². The lowest BCUT2D eigenvalue weighted by Gasteiger charge is -2.26. The van der Waals surface area contributed by atoms with Crippen molar-refractivity contribution in [2.24, 2.45) is 0 Å². The monoisotopic (exact) mass is 152 g/mol. The van der Waals surface area contributed by atoms with Gasteiger partial charge in [-0.1, -0.05) is 5.92 Å². The molecule has 2 atom stereocenters. The summed E-state index contributed by atoms with van der Waals surface area (Å²) in [5, 5.41) is 3.32. The van der Waals surface area contributed by atoms with Gasteiger partial charge in [-0.15, -0.1) is 6.42 Å². The third-order valence-corrected chi connectivity index (χ3v) is 2.46. The van der Waals surface area contributed by atoms with E-state index >= 15 is 0 Å². The Bertz CT molecular complexity index is 153. The molecule has 1 fully saturated rings. The molecule has 1 aliphatic rings. The van der Waals surface area contributed by atoms with Gasteiger partial charge in [0.05, 0.1) is 6.04 Å². The van der Waals surface area contributed by atoms with E-state index in [0.717, 1.165) is 13.1 Å². The maximum absolute atomic E-state index is 5.33. The molecule has 2 heteroatoms. The van der Waals surface area contributed by atoms with Gasteiger partial charge in [-0.05, 0) is 26.9 Å². The summed E-state index contributed by atoms with van der Waals surface area (Å²) in [6, 6.07) is 0.904. The maximum Gasteiger partial charge on any atom is 0.0683 e. The van der Waals surface area contributed by atoms with Crippen LogP contribution in [0.3, 0.4) is 0 Å². The molecule has 0 saturated carbocycles. The van der Waals surface area contributed by atoms with Gasteiger partial charge in [0.2, 0.25) is 0 Å². The average molecular weight is 152 g/mol. The Hall–Kier alpha value is -0.520. The van der Waals surface area contributed by atoms with E-state index in [2.05, 4.69) is 30.1 Å². The van der Waals surface area contributed by atoms with E-state index in [1.165, 1.54) is 6.42 Å². The Kier molecular flexibility index (Phi) is 2.92. The summed E-state index contributed by atoms with van der Waals surface area (Å²) >= 11 is 0. The van der Waals surface area contributed by atoms with E-state index in [9.17, 15) is 0 Å². The Labute approximate surface area is 69.0 Å². The third kappa shape index (κ3) is 1.95. The van der Waals surface area contributed by atoms with Crippen LogP contribution in [0.1, 0.15) is 13.3 Å². The van der Waals surface area contributed by atoms with Gasteiger partial charge in [0.25, 0.3) is 0 Å². The quantitative estimate of drug-likeness (QED) is 0.573. The summed E-state index contributed by atoms with van der Waals surface area (Å²) in [5.74, 6) is 2.74. The molecule has 11 heavy (non-hydrogen) atoms. The minimum absolute atomic E-state index is 0.264. The number of terminal acetylenes is 1. The molecule has 1 saturated heterocycles. The van der Waals surface area contributed by atoms with Crippen LogP contribution in [-0.2, 0) is 0 Å². The highest BCUT2D eigenvalue weighted by molar-refractivity contribution is 4.98. The van der Waals surface area contributed by atoms with Crippen LogP contribution in [0.15, 0.2) is 0 Å². The fourth-order valence-corrected chi connectivity index (χ4v) is 1.42. The number of rotatable bonds is 2. The van der Waals surface area contributed by atoms with E-state index in [1.54, 1.807) is 0 Å². The second-order valence-corrected chi connectivity index (χ2v) is 3.15. The Morgan fingerprint density at radius 3 is 2.91 bits per heavy atom. The SMILES string of the molecule is C#CC(C)N(C)C1CCNC1. The highest BCUT2D eigenvalue weighted by atomic mass is 15.2. The van der Waals surface area contributed by atoms with Gasteiger partial charge in [-0.2, -0.15) is 0 Å². The standard InChI is InChI=1S/C9H16N2/c1-4-8(2)11(3)9-5-6-10-7-9/h1,8-10H,5-7H2,2-3H3. The molecule has 1 heterocycles. The predicted molar refractivity (Wildman–Crippen MR) is 47.3 cm³/mol. The Morgan fingerprint density at radius 1 is 1.73 bits per heavy atom. The minimum Gasteiger partial charge on any atom is -0.315 e. The number of hydrogen-bond acceptors (Lipinski definition) is 2. The zero-order valence-corrected chi connectivity index (χ0v) is 7.30. The van der Waals surface area contributed by atoms with Crippen molar-refractivity contribution >= 4 is 0 Å². The minimum atomic E-state index is 0.264. The molecular weight excluding hydrogens is 136 g/mol. The number of nitrogens with one attached hydrogen (secondary N) is 1. The molecule has 1 rings (SSSR count). The van der Waals surface area contributed by atoms with Crippen molar-refractivity contribution in [3.8, 4) is 12.3 Å². The summed E-state index contributed by atoms with van der Waals surface area (Å²) in [7, 11) is 2.10. The number of nitrogens with zero attached hydrogens (tertiary/aromatic N) is 1. The van der Waals surface area contributed by atoms with Crippen molar-refractivity contribution in [2.45, 2.75) is 25.4 Å².